The van der Waals surface area contributed by atoms with E-state index in [1.807, 2.05) is 11.0 Å². The van der Waals surface area contributed by atoms with E-state index in [-0.39, 0.29) is 12.5 Å². The van der Waals surface area contributed by atoms with Gasteiger partial charge in [-0.25, -0.2) is 0 Å². The first-order valence-electron chi connectivity index (χ1n) is 6.04. The van der Waals surface area contributed by atoms with Gasteiger partial charge in [0, 0.05) is 33.3 Å². The van der Waals surface area contributed by atoms with Gasteiger partial charge in [0.05, 0.1) is 11.6 Å². The van der Waals surface area contributed by atoms with Crippen molar-refractivity contribution in [3.63, 3.8) is 0 Å². The van der Waals surface area contributed by atoms with Crippen LogP contribution in [0.5, 0.6) is 0 Å². The van der Waals surface area contributed by atoms with Gasteiger partial charge in [0.2, 0.25) is 5.91 Å². The molecule has 1 aliphatic rings. The average Bonchev–Trinajstić information content (AvgIpc) is 2.92. The van der Waals surface area contributed by atoms with E-state index in [9.17, 15) is 4.79 Å². The van der Waals surface area contributed by atoms with E-state index < -0.39 is 6.04 Å². The first kappa shape index (κ1) is 13.3. The first-order valence-corrected chi connectivity index (χ1v) is 6.92. The molecule has 18 heavy (non-hydrogen) atoms. The molecule has 1 aromatic rings. The third-order valence-electron chi connectivity index (χ3n) is 3.07. The van der Waals surface area contributed by atoms with E-state index in [4.69, 9.17) is 10.5 Å². The molecule has 0 spiro atoms. The standard InChI is InChI=1S/C12H19N3O2S/c1-17-9-10(13)12(16)15-6-4-14(5-7-15)11-3-2-8-18-11/h2-3,8,10H,4-7,9,13H2,1H3. The Morgan fingerprint density at radius 2 is 2.22 bits per heavy atom. The van der Waals surface area contributed by atoms with Crippen molar-refractivity contribution in [2.24, 2.45) is 5.73 Å². The van der Waals surface area contributed by atoms with Gasteiger partial charge in [-0.15, -0.1) is 11.3 Å². The molecule has 2 heterocycles. The van der Waals surface area contributed by atoms with Gasteiger partial charge in [0.25, 0.3) is 0 Å². The van der Waals surface area contributed by atoms with Crippen LogP contribution in [0.15, 0.2) is 17.5 Å². The lowest BCUT2D eigenvalue weighted by atomic mass is 10.2. The number of anilines is 1. The van der Waals surface area contributed by atoms with Crippen LogP contribution in [0.25, 0.3) is 0 Å². The van der Waals surface area contributed by atoms with Crippen LogP contribution in [0.4, 0.5) is 5.00 Å². The fraction of sp³-hybridized carbons (Fsp3) is 0.583. The van der Waals surface area contributed by atoms with Crippen LogP contribution in [-0.4, -0.2) is 56.7 Å². The van der Waals surface area contributed by atoms with Crippen molar-refractivity contribution in [3.05, 3.63) is 17.5 Å². The Kier molecular flexibility index (Phi) is 4.57. The number of rotatable bonds is 4. The van der Waals surface area contributed by atoms with E-state index >= 15 is 0 Å². The van der Waals surface area contributed by atoms with Crippen molar-refractivity contribution >= 4 is 22.2 Å². The maximum Gasteiger partial charge on any atom is 0.241 e. The second-order valence-corrected chi connectivity index (χ2v) is 5.25. The molecule has 0 radical (unpaired) electrons. The SMILES string of the molecule is COCC(N)C(=O)N1CCN(c2cccs2)CC1. The molecule has 0 aliphatic carbocycles. The molecule has 0 bridgehead atoms. The Morgan fingerprint density at radius 3 is 2.78 bits per heavy atom. The van der Waals surface area contributed by atoms with Gasteiger partial charge in [-0.2, -0.15) is 0 Å². The second kappa shape index (κ2) is 6.17. The van der Waals surface area contributed by atoms with Gasteiger partial charge in [-0.05, 0) is 17.5 Å². The normalized spacial score (nSPS) is 17.9. The van der Waals surface area contributed by atoms with Crippen LogP contribution < -0.4 is 10.6 Å². The van der Waals surface area contributed by atoms with Crippen molar-refractivity contribution in [2.75, 3.05) is 44.8 Å². The maximum atomic E-state index is 12.0. The average molecular weight is 269 g/mol. The summed E-state index contributed by atoms with van der Waals surface area (Å²) in [5, 5.41) is 3.34. The number of piperazine rings is 1. The molecule has 0 aromatic carbocycles. The maximum absolute atomic E-state index is 12.0. The highest BCUT2D eigenvalue weighted by Crippen LogP contribution is 2.22. The summed E-state index contributed by atoms with van der Waals surface area (Å²) in [6.45, 7) is 3.48. The lowest BCUT2D eigenvalue weighted by Gasteiger charge is -2.36. The molecule has 1 unspecified atom stereocenters. The van der Waals surface area contributed by atoms with Crippen molar-refractivity contribution in [1.29, 1.82) is 0 Å². The summed E-state index contributed by atoms with van der Waals surface area (Å²) in [6.07, 6.45) is 0. The third kappa shape index (κ3) is 3.01. The Hall–Kier alpha value is -1.11. The smallest absolute Gasteiger partial charge is 0.241 e. The number of amides is 1. The van der Waals surface area contributed by atoms with Crippen LogP contribution in [-0.2, 0) is 9.53 Å². The number of hydrogen-bond acceptors (Lipinski definition) is 5. The van der Waals surface area contributed by atoms with Gasteiger partial charge in [0.1, 0.15) is 6.04 Å². The van der Waals surface area contributed by atoms with E-state index in [1.54, 1.807) is 18.4 Å². The van der Waals surface area contributed by atoms with Gasteiger partial charge >= 0.3 is 0 Å². The van der Waals surface area contributed by atoms with Crippen molar-refractivity contribution < 1.29 is 9.53 Å². The highest BCUT2D eigenvalue weighted by Gasteiger charge is 2.25. The third-order valence-corrected chi connectivity index (χ3v) is 4.00. The molecule has 1 amide bonds. The molecule has 100 valence electrons. The summed E-state index contributed by atoms with van der Waals surface area (Å²) in [4.78, 5) is 16.1. The zero-order chi connectivity index (χ0) is 13.0. The lowest BCUT2D eigenvalue weighted by molar-refractivity contribution is -0.134. The quantitative estimate of drug-likeness (QED) is 0.858. The topological polar surface area (TPSA) is 58.8 Å². The van der Waals surface area contributed by atoms with Gasteiger partial charge in [-0.1, -0.05) is 0 Å². The minimum Gasteiger partial charge on any atom is -0.383 e. The molecule has 1 atom stereocenters. The highest BCUT2D eigenvalue weighted by atomic mass is 32.1. The van der Waals surface area contributed by atoms with Crippen molar-refractivity contribution in [2.45, 2.75) is 6.04 Å². The van der Waals surface area contributed by atoms with Crippen LogP contribution in [0, 0.1) is 0 Å². The Bertz CT molecular complexity index is 375. The van der Waals surface area contributed by atoms with Gasteiger partial charge in [0.15, 0.2) is 0 Å². The van der Waals surface area contributed by atoms with E-state index in [0.29, 0.717) is 0 Å². The van der Waals surface area contributed by atoms with Gasteiger partial charge < -0.3 is 20.3 Å². The molecule has 1 aliphatic heterocycles. The molecule has 1 aromatic heterocycles. The monoisotopic (exact) mass is 269 g/mol. The predicted octanol–water partition coefficient (Wildman–Crippen LogP) is 0.370. The second-order valence-electron chi connectivity index (χ2n) is 4.33. The van der Waals surface area contributed by atoms with Crippen LogP contribution in [0.3, 0.4) is 0 Å². The minimum absolute atomic E-state index is 0.0114. The molecule has 2 rings (SSSR count). The summed E-state index contributed by atoms with van der Waals surface area (Å²) in [5.74, 6) is -0.0114. The zero-order valence-corrected chi connectivity index (χ0v) is 11.4. The largest absolute Gasteiger partial charge is 0.383 e. The number of methoxy groups -OCH3 is 1. The van der Waals surface area contributed by atoms with Crippen LogP contribution in [0.2, 0.25) is 0 Å². The summed E-state index contributed by atoms with van der Waals surface area (Å²) in [5.41, 5.74) is 5.76. The van der Waals surface area contributed by atoms with Crippen LogP contribution >= 0.6 is 11.3 Å². The van der Waals surface area contributed by atoms with E-state index in [1.165, 1.54) is 5.00 Å². The van der Waals surface area contributed by atoms with E-state index in [2.05, 4.69) is 16.3 Å². The molecule has 6 heteroatoms. The number of nitrogens with zero attached hydrogens (tertiary/aromatic N) is 2. The number of hydrogen-bond donors (Lipinski definition) is 1. The van der Waals surface area contributed by atoms with Crippen molar-refractivity contribution in [1.82, 2.24) is 4.90 Å². The molecule has 2 N–H and O–H groups in total. The Morgan fingerprint density at radius 1 is 1.50 bits per heavy atom. The summed E-state index contributed by atoms with van der Waals surface area (Å²) >= 11 is 1.73. The number of carbonyl (C=O) groups is 1. The molecule has 0 saturated carbocycles. The lowest BCUT2D eigenvalue weighted by Crippen LogP contribution is -2.54. The van der Waals surface area contributed by atoms with Gasteiger partial charge in [-0.3, -0.25) is 4.79 Å². The Labute approximate surface area is 111 Å². The number of nitrogens with two attached hydrogens (primary N) is 1. The zero-order valence-electron chi connectivity index (χ0n) is 10.5. The Balaban J connectivity index is 1.85. The number of thiophene rings is 1. The molecular formula is C12H19N3O2S. The number of carbonyl (C=O) groups excluding carboxylic acids is 1. The van der Waals surface area contributed by atoms with Crippen LogP contribution in [0.1, 0.15) is 0 Å². The fourth-order valence-corrected chi connectivity index (χ4v) is 2.87. The predicted molar refractivity (Wildman–Crippen MR) is 73.0 cm³/mol. The van der Waals surface area contributed by atoms with E-state index in [0.717, 1.165) is 26.2 Å². The molecular weight excluding hydrogens is 250 g/mol. The number of ether oxygens (including phenoxy) is 1. The summed E-state index contributed by atoms with van der Waals surface area (Å²) < 4.78 is 4.91. The first-order chi connectivity index (χ1) is 8.72. The minimum atomic E-state index is -0.539. The molecule has 1 saturated heterocycles. The molecule has 1 fully saturated rings. The molecule has 5 nitrogen and oxygen atoms in total. The highest BCUT2D eigenvalue weighted by molar-refractivity contribution is 7.14. The summed E-state index contributed by atoms with van der Waals surface area (Å²) in [6, 6.07) is 3.62. The van der Waals surface area contributed by atoms with Crippen molar-refractivity contribution in [3.8, 4) is 0 Å². The fourth-order valence-electron chi connectivity index (χ4n) is 2.08. The summed E-state index contributed by atoms with van der Waals surface area (Å²) in [7, 11) is 1.56.